The first-order valence-corrected chi connectivity index (χ1v) is 4.00. The Morgan fingerprint density at radius 2 is 2.40 bits per heavy atom. The summed E-state index contributed by atoms with van der Waals surface area (Å²) in [6.45, 7) is 0.232. The molecule has 0 unspecified atom stereocenters. The average molecular weight is 211 g/mol. The van der Waals surface area contributed by atoms with Crippen LogP contribution in [0, 0.1) is 0 Å². The molecule has 0 aliphatic heterocycles. The van der Waals surface area contributed by atoms with Crippen molar-refractivity contribution in [2.24, 2.45) is 0 Å². The molecule has 0 amide bonds. The average Bonchev–Trinajstić information content (AvgIpc) is 2.65. The van der Waals surface area contributed by atoms with Crippen molar-refractivity contribution < 1.29 is 19.4 Å². The molecular weight excluding hydrogens is 202 g/mol. The van der Waals surface area contributed by atoms with Gasteiger partial charge in [-0.1, -0.05) is 6.08 Å². The number of carboxylic acid groups (broad SMARTS) is 1. The van der Waals surface area contributed by atoms with Crippen LogP contribution in [0.5, 0.6) is 0 Å². The normalized spacial score (nSPS) is 10.5. The molecule has 0 saturated heterocycles. The van der Waals surface area contributed by atoms with Gasteiger partial charge in [0.15, 0.2) is 0 Å². The summed E-state index contributed by atoms with van der Waals surface area (Å²) in [5.41, 5.74) is 0. The zero-order chi connectivity index (χ0) is 11.3. The first-order chi connectivity index (χ1) is 7.13. The second-order valence-electron chi connectivity index (χ2n) is 2.52. The fourth-order valence-electron chi connectivity index (χ4n) is 0.829. The van der Waals surface area contributed by atoms with Crippen molar-refractivity contribution in [2.45, 2.75) is 6.54 Å². The van der Waals surface area contributed by atoms with E-state index in [4.69, 9.17) is 5.11 Å². The Labute approximate surface area is 85.0 Å². The number of aromatic nitrogens is 3. The van der Waals surface area contributed by atoms with Crippen molar-refractivity contribution in [3.63, 3.8) is 0 Å². The Kier molecular flexibility index (Phi) is 3.55. The van der Waals surface area contributed by atoms with Crippen LogP contribution in [0.25, 0.3) is 0 Å². The van der Waals surface area contributed by atoms with Crippen LogP contribution in [0.1, 0.15) is 10.6 Å². The minimum Gasteiger partial charge on any atom is -0.478 e. The van der Waals surface area contributed by atoms with Gasteiger partial charge in [0, 0.05) is 6.08 Å². The van der Waals surface area contributed by atoms with Gasteiger partial charge in [-0.15, -0.1) is 5.10 Å². The smallest absolute Gasteiger partial charge is 0.377 e. The number of carbonyl (C=O) groups excluding carboxylic acids is 1. The van der Waals surface area contributed by atoms with E-state index in [0.717, 1.165) is 6.08 Å². The maximum Gasteiger partial charge on any atom is 0.377 e. The number of esters is 1. The third kappa shape index (κ3) is 3.22. The molecule has 15 heavy (non-hydrogen) atoms. The molecule has 0 aliphatic rings. The van der Waals surface area contributed by atoms with Crippen molar-refractivity contribution in [3.05, 3.63) is 24.3 Å². The predicted molar refractivity (Wildman–Crippen MR) is 48.1 cm³/mol. The maximum atomic E-state index is 10.9. The number of nitrogens with zero attached hydrogens (tertiary/aromatic N) is 3. The number of methoxy groups -OCH3 is 1. The van der Waals surface area contributed by atoms with Gasteiger partial charge in [-0.25, -0.2) is 19.3 Å². The molecule has 0 saturated carbocycles. The zero-order valence-electron chi connectivity index (χ0n) is 7.95. The lowest BCUT2D eigenvalue weighted by Gasteiger charge is -1.92. The monoisotopic (exact) mass is 211 g/mol. The fourth-order valence-corrected chi connectivity index (χ4v) is 0.829. The molecule has 1 rings (SSSR count). The third-order valence-corrected chi connectivity index (χ3v) is 1.46. The first-order valence-electron chi connectivity index (χ1n) is 4.00. The molecule has 0 radical (unpaired) electrons. The number of carboxylic acids is 1. The standard InChI is InChI=1S/C8H9N3O4/c1-15-8(14)7-9-5-11(10-7)4-2-3-6(12)13/h2-3,5H,4H2,1H3,(H,12,13)/b3-2+. The van der Waals surface area contributed by atoms with Gasteiger partial charge in [-0.2, -0.15) is 0 Å². The Hall–Kier alpha value is -2.18. The summed E-state index contributed by atoms with van der Waals surface area (Å²) in [6.07, 6.45) is 3.69. The quantitative estimate of drug-likeness (QED) is 0.543. The van der Waals surface area contributed by atoms with E-state index < -0.39 is 11.9 Å². The van der Waals surface area contributed by atoms with Crippen molar-refractivity contribution in [1.29, 1.82) is 0 Å². The number of carbonyl (C=O) groups is 2. The van der Waals surface area contributed by atoms with Crippen LogP contribution in [0.2, 0.25) is 0 Å². The predicted octanol–water partition coefficient (Wildman–Crippen LogP) is -0.294. The minimum absolute atomic E-state index is 0.0544. The van der Waals surface area contributed by atoms with Gasteiger partial charge in [0.25, 0.3) is 5.82 Å². The number of allylic oxidation sites excluding steroid dienone is 1. The van der Waals surface area contributed by atoms with Gasteiger partial charge >= 0.3 is 11.9 Å². The van der Waals surface area contributed by atoms with E-state index in [9.17, 15) is 9.59 Å². The molecular formula is C8H9N3O4. The highest BCUT2D eigenvalue weighted by Crippen LogP contribution is 1.92. The molecule has 0 aliphatic carbocycles. The second-order valence-corrected chi connectivity index (χ2v) is 2.52. The van der Waals surface area contributed by atoms with Crippen LogP contribution < -0.4 is 0 Å². The Morgan fingerprint density at radius 3 is 3.00 bits per heavy atom. The van der Waals surface area contributed by atoms with Crippen molar-refractivity contribution in [1.82, 2.24) is 14.8 Å². The maximum absolute atomic E-state index is 10.9. The van der Waals surface area contributed by atoms with Gasteiger partial charge in [-0.3, -0.25) is 0 Å². The summed E-state index contributed by atoms with van der Waals surface area (Å²) < 4.78 is 5.73. The van der Waals surface area contributed by atoms with E-state index in [-0.39, 0.29) is 12.4 Å². The highest BCUT2D eigenvalue weighted by Gasteiger charge is 2.10. The number of hydrogen-bond acceptors (Lipinski definition) is 5. The van der Waals surface area contributed by atoms with E-state index in [1.807, 2.05) is 0 Å². The fraction of sp³-hybridized carbons (Fsp3) is 0.250. The highest BCUT2D eigenvalue weighted by atomic mass is 16.5. The van der Waals surface area contributed by atoms with Crippen LogP contribution in [0.15, 0.2) is 18.5 Å². The number of rotatable bonds is 4. The number of ether oxygens (including phenoxy) is 1. The van der Waals surface area contributed by atoms with Crippen molar-refractivity contribution in [2.75, 3.05) is 7.11 Å². The molecule has 0 spiro atoms. The number of aliphatic carboxylic acids is 1. The first kappa shape index (κ1) is 10.9. The molecule has 7 heteroatoms. The van der Waals surface area contributed by atoms with Gasteiger partial charge in [0.1, 0.15) is 6.33 Å². The summed E-state index contributed by atoms with van der Waals surface area (Å²) in [7, 11) is 1.23. The highest BCUT2D eigenvalue weighted by molar-refractivity contribution is 5.84. The lowest BCUT2D eigenvalue weighted by Crippen LogP contribution is -2.05. The minimum atomic E-state index is -1.04. The molecule has 1 aromatic rings. The van der Waals surface area contributed by atoms with Crippen LogP contribution in [-0.2, 0) is 16.1 Å². The summed E-state index contributed by atoms with van der Waals surface area (Å²) in [6, 6.07) is 0. The second kappa shape index (κ2) is 4.89. The van der Waals surface area contributed by atoms with Crippen LogP contribution >= 0.6 is 0 Å². The van der Waals surface area contributed by atoms with Crippen LogP contribution in [0.4, 0.5) is 0 Å². The van der Waals surface area contributed by atoms with Crippen molar-refractivity contribution in [3.8, 4) is 0 Å². The van der Waals surface area contributed by atoms with Gasteiger partial charge < -0.3 is 9.84 Å². The van der Waals surface area contributed by atoms with Gasteiger partial charge in [0.2, 0.25) is 0 Å². The molecule has 0 bridgehead atoms. The summed E-state index contributed by atoms with van der Waals surface area (Å²) in [5.74, 6) is -1.72. The Balaban J connectivity index is 2.61. The SMILES string of the molecule is COC(=O)c1ncn(C/C=C/C(=O)O)n1. The third-order valence-electron chi connectivity index (χ3n) is 1.46. The van der Waals surface area contributed by atoms with E-state index in [1.165, 1.54) is 24.2 Å². The Morgan fingerprint density at radius 1 is 1.67 bits per heavy atom. The molecule has 0 fully saturated rings. The summed E-state index contributed by atoms with van der Waals surface area (Å²) >= 11 is 0. The lowest BCUT2D eigenvalue weighted by atomic mass is 10.5. The molecule has 0 aromatic carbocycles. The van der Waals surface area contributed by atoms with E-state index in [2.05, 4.69) is 14.8 Å². The zero-order valence-corrected chi connectivity index (χ0v) is 7.95. The summed E-state index contributed by atoms with van der Waals surface area (Å²) in [4.78, 5) is 24.8. The molecule has 7 nitrogen and oxygen atoms in total. The topological polar surface area (TPSA) is 94.3 Å². The van der Waals surface area contributed by atoms with Crippen LogP contribution in [-0.4, -0.2) is 38.9 Å². The van der Waals surface area contributed by atoms with E-state index in [0.29, 0.717) is 0 Å². The van der Waals surface area contributed by atoms with Gasteiger partial charge in [0.05, 0.1) is 13.7 Å². The lowest BCUT2D eigenvalue weighted by molar-refractivity contribution is -0.131. The molecule has 1 aromatic heterocycles. The Bertz CT molecular complexity index is 396. The van der Waals surface area contributed by atoms with Crippen molar-refractivity contribution >= 4 is 11.9 Å². The van der Waals surface area contributed by atoms with Gasteiger partial charge in [-0.05, 0) is 0 Å². The molecule has 1 N–H and O–H groups in total. The molecule has 80 valence electrons. The molecule has 0 atom stereocenters. The van der Waals surface area contributed by atoms with E-state index in [1.54, 1.807) is 0 Å². The van der Waals surface area contributed by atoms with Crippen LogP contribution in [0.3, 0.4) is 0 Å². The van der Waals surface area contributed by atoms with E-state index >= 15 is 0 Å². The largest absolute Gasteiger partial charge is 0.478 e. The number of hydrogen-bond donors (Lipinski definition) is 1. The summed E-state index contributed by atoms with van der Waals surface area (Å²) in [5, 5.41) is 12.1. The molecule has 1 heterocycles.